The van der Waals surface area contributed by atoms with E-state index in [-0.39, 0.29) is 12.0 Å². The lowest BCUT2D eigenvalue weighted by Gasteiger charge is -2.33. The van der Waals surface area contributed by atoms with E-state index in [0.29, 0.717) is 31.1 Å². The molecule has 1 aliphatic heterocycles. The Morgan fingerprint density at radius 2 is 2.17 bits per heavy atom. The molecule has 1 aromatic heterocycles. The van der Waals surface area contributed by atoms with E-state index in [1.807, 2.05) is 46.1 Å². The third kappa shape index (κ3) is 4.33. The van der Waals surface area contributed by atoms with E-state index in [0.717, 1.165) is 18.5 Å². The van der Waals surface area contributed by atoms with Gasteiger partial charge in [-0.3, -0.25) is 9.48 Å². The summed E-state index contributed by atoms with van der Waals surface area (Å²) in [5.74, 6) is 0.180. The summed E-state index contributed by atoms with van der Waals surface area (Å²) < 4.78 is 7.65. The average molecular weight is 334 g/mol. The van der Waals surface area contributed by atoms with Crippen LogP contribution in [0.1, 0.15) is 24.5 Å². The highest BCUT2D eigenvalue weighted by atomic mass is 35.5. The molecule has 1 fully saturated rings. The van der Waals surface area contributed by atoms with Crippen LogP contribution in [0.3, 0.4) is 0 Å². The number of rotatable bonds is 5. The first kappa shape index (κ1) is 16.0. The molecule has 2 heterocycles. The number of carbonyl (C=O) groups is 1. The lowest BCUT2D eigenvalue weighted by atomic mass is 10.1. The van der Waals surface area contributed by atoms with Gasteiger partial charge in [-0.05, 0) is 30.2 Å². The van der Waals surface area contributed by atoms with Gasteiger partial charge in [0.05, 0.1) is 13.2 Å². The Morgan fingerprint density at radius 3 is 2.91 bits per heavy atom. The lowest BCUT2D eigenvalue weighted by Crippen LogP contribution is -2.42. The van der Waals surface area contributed by atoms with Crippen molar-refractivity contribution in [2.24, 2.45) is 0 Å². The van der Waals surface area contributed by atoms with Crippen LogP contribution in [0.2, 0.25) is 5.02 Å². The maximum Gasteiger partial charge on any atom is 0.222 e. The molecule has 5 nitrogen and oxygen atoms in total. The highest BCUT2D eigenvalue weighted by molar-refractivity contribution is 6.30. The molecule has 6 heteroatoms. The van der Waals surface area contributed by atoms with Gasteiger partial charge in [-0.15, -0.1) is 0 Å². The van der Waals surface area contributed by atoms with Crippen molar-refractivity contribution in [2.75, 3.05) is 19.7 Å². The fourth-order valence-corrected chi connectivity index (χ4v) is 2.86. The quantitative estimate of drug-likeness (QED) is 0.845. The van der Waals surface area contributed by atoms with Crippen molar-refractivity contribution in [1.82, 2.24) is 14.7 Å². The summed E-state index contributed by atoms with van der Waals surface area (Å²) >= 11 is 5.92. The summed E-state index contributed by atoms with van der Waals surface area (Å²) in [6.07, 6.45) is 4.92. The third-order valence-electron chi connectivity index (χ3n) is 4.00. The molecular weight excluding hydrogens is 314 g/mol. The Kier molecular flexibility index (Phi) is 5.31. The van der Waals surface area contributed by atoms with Gasteiger partial charge in [0, 0.05) is 36.9 Å². The monoisotopic (exact) mass is 333 g/mol. The summed E-state index contributed by atoms with van der Waals surface area (Å²) in [5.41, 5.74) is 1.06. The highest BCUT2D eigenvalue weighted by Crippen LogP contribution is 2.24. The molecule has 1 aliphatic rings. The van der Waals surface area contributed by atoms with Crippen molar-refractivity contribution >= 4 is 17.5 Å². The minimum absolute atomic E-state index is 0.0731. The second kappa shape index (κ2) is 7.62. The van der Waals surface area contributed by atoms with Crippen molar-refractivity contribution < 1.29 is 9.53 Å². The summed E-state index contributed by atoms with van der Waals surface area (Å²) in [4.78, 5) is 14.3. The smallest absolute Gasteiger partial charge is 0.222 e. The van der Waals surface area contributed by atoms with Crippen molar-refractivity contribution in [3.8, 4) is 0 Å². The number of morpholine rings is 1. The number of aryl methyl sites for hydroxylation is 1. The van der Waals surface area contributed by atoms with Crippen LogP contribution < -0.4 is 0 Å². The third-order valence-corrected chi connectivity index (χ3v) is 4.25. The zero-order chi connectivity index (χ0) is 16.1. The molecule has 1 atom stereocenters. The minimum Gasteiger partial charge on any atom is -0.370 e. The molecular formula is C17H20ClN3O2. The zero-order valence-electron chi connectivity index (χ0n) is 12.9. The van der Waals surface area contributed by atoms with E-state index in [2.05, 4.69) is 5.10 Å². The Bertz CT molecular complexity index is 628. The number of amides is 1. The standard InChI is InChI=1S/C17H20ClN3O2/c18-15-6-4-14(5-7-15)16-13-20(11-12-23-16)17(22)3-1-9-21-10-2-8-19-21/h2,4-8,10,16H,1,3,9,11-13H2/t16-/m1/s1. The van der Waals surface area contributed by atoms with Gasteiger partial charge in [-0.2, -0.15) is 5.10 Å². The van der Waals surface area contributed by atoms with Crippen molar-refractivity contribution in [2.45, 2.75) is 25.5 Å². The first-order valence-corrected chi connectivity index (χ1v) is 8.22. The lowest BCUT2D eigenvalue weighted by molar-refractivity contribution is -0.139. The molecule has 0 saturated carbocycles. The van der Waals surface area contributed by atoms with E-state index in [1.165, 1.54) is 0 Å². The molecule has 1 aromatic carbocycles. The number of nitrogens with zero attached hydrogens (tertiary/aromatic N) is 3. The Balaban J connectivity index is 1.51. The number of hydrogen-bond donors (Lipinski definition) is 0. The first-order chi connectivity index (χ1) is 11.2. The topological polar surface area (TPSA) is 47.4 Å². The fourth-order valence-electron chi connectivity index (χ4n) is 2.74. The first-order valence-electron chi connectivity index (χ1n) is 7.84. The molecule has 3 rings (SSSR count). The molecule has 0 spiro atoms. The maximum atomic E-state index is 12.4. The van der Waals surface area contributed by atoms with Gasteiger partial charge in [0.1, 0.15) is 6.10 Å². The Labute approximate surface area is 140 Å². The summed E-state index contributed by atoms with van der Waals surface area (Å²) in [5, 5.41) is 4.85. The van der Waals surface area contributed by atoms with E-state index >= 15 is 0 Å². The second-order valence-corrected chi connectivity index (χ2v) is 6.06. The number of aromatic nitrogens is 2. The number of hydrogen-bond acceptors (Lipinski definition) is 3. The van der Waals surface area contributed by atoms with E-state index in [4.69, 9.17) is 16.3 Å². The summed E-state index contributed by atoms with van der Waals surface area (Å²) in [7, 11) is 0. The van der Waals surface area contributed by atoms with Gasteiger partial charge in [0.15, 0.2) is 0 Å². The SMILES string of the molecule is O=C(CCCn1cccn1)N1CCO[C@@H](c2ccc(Cl)cc2)C1. The number of halogens is 1. The van der Waals surface area contributed by atoms with Crippen LogP contribution in [0.25, 0.3) is 0 Å². The van der Waals surface area contributed by atoms with Gasteiger partial charge >= 0.3 is 0 Å². The van der Waals surface area contributed by atoms with Crippen LogP contribution in [0, 0.1) is 0 Å². The molecule has 122 valence electrons. The Hall–Kier alpha value is -1.85. The van der Waals surface area contributed by atoms with Crippen LogP contribution in [0.15, 0.2) is 42.7 Å². The molecule has 0 radical (unpaired) electrons. The largest absolute Gasteiger partial charge is 0.370 e. The van der Waals surface area contributed by atoms with Crippen molar-refractivity contribution in [3.05, 3.63) is 53.3 Å². The van der Waals surface area contributed by atoms with E-state index < -0.39 is 0 Å². The number of benzene rings is 1. The summed E-state index contributed by atoms with van der Waals surface area (Å²) in [6.45, 7) is 2.59. The average Bonchev–Trinajstić information content (AvgIpc) is 3.09. The molecule has 23 heavy (non-hydrogen) atoms. The molecule has 1 amide bonds. The van der Waals surface area contributed by atoms with Crippen LogP contribution in [0.4, 0.5) is 0 Å². The van der Waals surface area contributed by atoms with Gasteiger partial charge in [0.25, 0.3) is 0 Å². The van der Waals surface area contributed by atoms with Crippen molar-refractivity contribution in [3.63, 3.8) is 0 Å². The van der Waals surface area contributed by atoms with Gasteiger partial charge < -0.3 is 9.64 Å². The van der Waals surface area contributed by atoms with Crippen molar-refractivity contribution in [1.29, 1.82) is 0 Å². The van der Waals surface area contributed by atoms with E-state index in [1.54, 1.807) is 6.20 Å². The fraction of sp³-hybridized carbons (Fsp3) is 0.412. The van der Waals surface area contributed by atoms with Crippen LogP contribution in [0.5, 0.6) is 0 Å². The van der Waals surface area contributed by atoms with Gasteiger partial charge in [-0.25, -0.2) is 0 Å². The predicted octanol–water partition coefficient (Wildman–Crippen LogP) is 2.92. The molecule has 2 aromatic rings. The van der Waals surface area contributed by atoms with Gasteiger partial charge in [0.2, 0.25) is 5.91 Å². The normalized spacial score (nSPS) is 18.1. The molecule has 1 saturated heterocycles. The van der Waals surface area contributed by atoms with Crippen LogP contribution in [-0.2, 0) is 16.1 Å². The maximum absolute atomic E-state index is 12.4. The molecule has 0 N–H and O–H groups in total. The number of ether oxygens (including phenoxy) is 1. The molecule has 0 unspecified atom stereocenters. The zero-order valence-corrected chi connectivity index (χ0v) is 13.7. The van der Waals surface area contributed by atoms with Crippen LogP contribution in [-0.4, -0.2) is 40.3 Å². The summed E-state index contributed by atoms with van der Waals surface area (Å²) in [6, 6.07) is 9.51. The minimum atomic E-state index is -0.0731. The predicted molar refractivity (Wildman–Crippen MR) is 88.2 cm³/mol. The van der Waals surface area contributed by atoms with Gasteiger partial charge in [-0.1, -0.05) is 23.7 Å². The highest BCUT2D eigenvalue weighted by Gasteiger charge is 2.24. The molecule has 0 aliphatic carbocycles. The van der Waals surface area contributed by atoms with E-state index in [9.17, 15) is 4.79 Å². The number of carbonyl (C=O) groups excluding carboxylic acids is 1. The Morgan fingerprint density at radius 1 is 1.35 bits per heavy atom. The van der Waals surface area contributed by atoms with Crippen LogP contribution >= 0.6 is 11.6 Å². The second-order valence-electron chi connectivity index (χ2n) is 5.62. The molecule has 0 bridgehead atoms.